The van der Waals surface area contributed by atoms with E-state index in [1.807, 2.05) is 32.9 Å². The number of carbonyl (C=O) groups excluding carboxylic acids is 1. The highest BCUT2D eigenvalue weighted by molar-refractivity contribution is 5.98. The summed E-state index contributed by atoms with van der Waals surface area (Å²) in [5.41, 5.74) is 2.68. The molecule has 0 amide bonds. The van der Waals surface area contributed by atoms with Gasteiger partial charge in [-0.3, -0.25) is 4.79 Å². The summed E-state index contributed by atoms with van der Waals surface area (Å²) in [5.74, 6) is 0.932. The van der Waals surface area contributed by atoms with Gasteiger partial charge in [-0.1, -0.05) is 0 Å². The zero-order chi connectivity index (χ0) is 13.0. The number of carbonyl (C=O) groups is 1. The Bertz CT molecular complexity index is 410. The number of ketones is 1. The van der Waals surface area contributed by atoms with Crippen molar-refractivity contribution in [2.45, 2.75) is 33.3 Å². The zero-order valence-electron chi connectivity index (χ0n) is 11.2. The molecule has 1 atom stereocenters. The Morgan fingerprint density at radius 1 is 1.24 bits per heavy atom. The molecule has 1 aromatic rings. The summed E-state index contributed by atoms with van der Waals surface area (Å²) in [6, 6.07) is 3.79. The number of ether oxygens (including phenoxy) is 2. The van der Waals surface area contributed by atoms with Gasteiger partial charge in [0.25, 0.3) is 0 Å². The van der Waals surface area contributed by atoms with Gasteiger partial charge in [0, 0.05) is 19.1 Å². The number of rotatable bonds is 5. The van der Waals surface area contributed by atoms with Crippen LogP contribution in [0.4, 0.5) is 0 Å². The first-order valence-corrected chi connectivity index (χ1v) is 5.70. The van der Waals surface area contributed by atoms with E-state index < -0.39 is 0 Å². The van der Waals surface area contributed by atoms with Crippen LogP contribution < -0.4 is 4.74 Å². The first-order valence-electron chi connectivity index (χ1n) is 5.70. The van der Waals surface area contributed by atoms with Crippen molar-refractivity contribution in [2.24, 2.45) is 0 Å². The molecule has 94 valence electrons. The highest BCUT2D eigenvalue weighted by Gasteiger charge is 2.14. The molecule has 0 aliphatic heterocycles. The van der Waals surface area contributed by atoms with Crippen LogP contribution in [0.1, 0.15) is 34.8 Å². The van der Waals surface area contributed by atoms with Gasteiger partial charge in [-0.25, -0.2) is 0 Å². The summed E-state index contributed by atoms with van der Waals surface area (Å²) in [4.78, 5) is 12.1. The Labute approximate surface area is 103 Å². The van der Waals surface area contributed by atoms with E-state index >= 15 is 0 Å². The summed E-state index contributed by atoms with van der Waals surface area (Å²) in [6.07, 6.45) is 0.354. The molecule has 1 unspecified atom stereocenters. The largest absolute Gasteiger partial charge is 0.496 e. The third kappa shape index (κ3) is 3.30. The summed E-state index contributed by atoms with van der Waals surface area (Å²) in [5, 5.41) is 0. The number of methoxy groups -OCH3 is 2. The number of benzene rings is 1. The highest BCUT2D eigenvalue weighted by atomic mass is 16.5. The molecule has 0 radical (unpaired) electrons. The first-order chi connectivity index (χ1) is 7.99. The van der Waals surface area contributed by atoms with Gasteiger partial charge in [0.05, 0.1) is 13.2 Å². The second kappa shape index (κ2) is 5.82. The van der Waals surface area contributed by atoms with Gasteiger partial charge in [-0.15, -0.1) is 0 Å². The predicted molar refractivity (Wildman–Crippen MR) is 67.9 cm³/mol. The van der Waals surface area contributed by atoms with E-state index in [1.165, 1.54) is 0 Å². The summed E-state index contributed by atoms with van der Waals surface area (Å²) >= 11 is 0. The van der Waals surface area contributed by atoms with E-state index in [-0.39, 0.29) is 11.9 Å². The third-order valence-electron chi connectivity index (χ3n) is 2.92. The molecular formula is C14H20O3. The van der Waals surface area contributed by atoms with Crippen LogP contribution in [-0.4, -0.2) is 26.1 Å². The average molecular weight is 236 g/mol. The number of hydrogen-bond donors (Lipinski definition) is 0. The lowest BCUT2D eigenvalue weighted by atomic mass is 9.98. The molecule has 0 aliphatic rings. The van der Waals surface area contributed by atoms with Crippen molar-refractivity contribution in [3.8, 4) is 5.75 Å². The van der Waals surface area contributed by atoms with Gasteiger partial charge in [-0.2, -0.15) is 0 Å². The Kier molecular flexibility index (Phi) is 4.70. The Morgan fingerprint density at radius 2 is 1.88 bits per heavy atom. The van der Waals surface area contributed by atoms with Crippen molar-refractivity contribution in [1.82, 2.24) is 0 Å². The maximum atomic E-state index is 12.1. The van der Waals surface area contributed by atoms with E-state index in [9.17, 15) is 4.79 Å². The lowest BCUT2D eigenvalue weighted by Crippen LogP contribution is -2.13. The number of aryl methyl sites for hydroxylation is 2. The van der Waals surface area contributed by atoms with Crippen LogP contribution in [0, 0.1) is 13.8 Å². The van der Waals surface area contributed by atoms with Crippen molar-refractivity contribution >= 4 is 5.78 Å². The normalized spacial score (nSPS) is 12.3. The van der Waals surface area contributed by atoms with Crippen LogP contribution in [0.15, 0.2) is 12.1 Å². The molecule has 0 aromatic heterocycles. The second-order valence-corrected chi connectivity index (χ2v) is 4.31. The molecule has 0 spiro atoms. The Hall–Kier alpha value is -1.35. The fourth-order valence-electron chi connectivity index (χ4n) is 1.76. The topological polar surface area (TPSA) is 35.5 Å². The lowest BCUT2D eigenvalue weighted by molar-refractivity contribution is 0.0791. The van der Waals surface area contributed by atoms with Crippen LogP contribution in [0.25, 0.3) is 0 Å². The first kappa shape index (κ1) is 13.7. The molecule has 0 heterocycles. The number of hydrogen-bond acceptors (Lipinski definition) is 3. The predicted octanol–water partition coefficient (Wildman–Crippen LogP) is 2.92. The molecule has 0 aliphatic carbocycles. The monoisotopic (exact) mass is 236 g/mol. The molecule has 0 saturated heterocycles. The van der Waals surface area contributed by atoms with Gasteiger partial charge in [0.1, 0.15) is 5.75 Å². The van der Waals surface area contributed by atoms with Crippen molar-refractivity contribution in [3.05, 3.63) is 28.8 Å². The van der Waals surface area contributed by atoms with E-state index in [4.69, 9.17) is 9.47 Å². The zero-order valence-corrected chi connectivity index (χ0v) is 11.2. The minimum atomic E-state index is -0.0516. The fraction of sp³-hybridized carbons (Fsp3) is 0.500. The highest BCUT2D eigenvalue weighted by Crippen LogP contribution is 2.23. The van der Waals surface area contributed by atoms with Gasteiger partial charge >= 0.3 is 0 Å². The van der Waals surface area contributed by atoms with Crippen molar-refractivity contribution < 1.29 is 14.3 Å². The Balaban J connectivity index is 2.98. The second-order valence-electron chi connectivity index (χ2n) is 4.31. The molecular weight excluding hydrogens is 216 g/mol. The minimum Gasteiger partial charge on any atom is -0.496 e. The molecule has 3 heteroatoms. The van der Waals surface area contributed by atoms with Gasteiger partial charge in [0.2, 0.25) is 0 Å². The molecule has 0 N–H and O–H groups in total. The SMILES string of the molecule is COc1cc(C)c(C(=O)CC(C)OC)cc1C. The summed E-state index contributed by atoms with van der Waals surface area (Å²) < 4.78 is 10.3. The molecule has 0 bridgehead atoms. The fourth-order valence-corrected chi connectivity index (χ4v) is 1.76. The summed E-state index contributed by atoms with van der Waals surface area (Å²) in [7, 11) is 3.25. The van der Waals surface area contributed by atoms with E-state index in [2.05, 4.69) is 0 Å². The molecule has 0 saturated carbocycles. The van der Waals surface area contributed by atoms with Crippen LogP contribution in [0.3, 0.4) is 0 Å². The van der Waals surface area contributed by atoms with Crippen molar-refractivity contribution in [2.75, 3.05) is 14.2 Å². The minimum absolute atomic E-state index is 0.0516. The van der Waals surface area contributed by atoms with Crippen LogP contribution >= 0.6 is 0 Å². The lowest BCUT2D eigenvalue weighted by Gasteiger charge is -2.12. The van der Waals surface area contributed by atoms with Crippen LogP contribution in [0.2, 0.25) is 0 Å². The standard InChI is InChI=1S/C14H20O3/c1-9-7-14(17-5)10(2)6-12(9)13(15)8-11(3)16-4/h6-7,11H,8H2,1-5H3. The quantitative estimate of drug-likeness (QED) is 0.737. The third-order valence-corrected chi connectivity index (χ3v) is 2.92. The van der Waals surface area contributed by atoms with E-state index in [1.54, 1.807) is 14.2 Å². The molecule has 0 fully saturated rings. The van der Waals surface area contributed by atoms with Crippen molar-refractivity contribution in [1.29, 1.82) is 0 Å². The van der Waals surface area contributed by atoms with Gasteiger partial charge in [-0.05, 0) is 44.0 Å². The van der Waals surface area contributed by atoms with E-state index in [0.29, 0.717) is 6.42 Å². The van der Waals surface area contributed by atoms with E-state index in [0.717, 1.165) is 22.4 Å². The van der Waals surface area contributed by atoms with Crippen LogP contribution in [-0.2, 0) is 4.74 Å². The molecule has 17 heavy (non-hydrogen) atoms. The average Bonchev–Trinajstić information content (AvgIpc) is 2.31. The molecule has 1 rings (SSSR count). The molecule has 1 aromatic carbocycles. The Morgan fingerprint density at radius 3 is 2.41 bits per heavy atom. The number of Topliss-reactive ketones (excluding diaryl/α,β-unsaturated/α-hetero) is 1. The maximum absolute atomic E-state index is 12.1. The van der Waals surface area contributed by atoms with Gasteiger partial charge < -0.3 is 9.47 Å². The summed E-state index contributed by atoms with van der Waals surface area (Å²) in [6.45, 7) is 5.76. The van der Waals surface area contributed by atoms with Gasteiger partial charge in [0.15, 0.2) is 5.78 Å². The molecule has 3 nitrogen and oxygen atoms in total. The van der Waals surface area contributed by atoms with Crippen molar-refractivity contribution in [3.63, 3.8) is 0 Å². The maximum Gasteiger partial charge on any atom is 0.165 e. The van der Waals surface area contributed by atoms with Crippen LogP contribution in [0.5, 0.6) is 5.75 Å². The smallest absolute Gasteiger partial charge is 0.165 e.